The zero-order chi connectivity index (χ0) is 20.4. The molecule has 0 saturated carbocycles. The Morgan fingerprint density at radius 3 is 2.52 bits per heavy atom. The van der Waals surface area contributed by atoms with Gasteiger partial charge in [0.25, 0.3) is 5.91 Å². The lowest BCUT2D eigenvalue weighted by Crippen LogP contribution is -2.38. The molecule has 2 heterocycles. The molecule has 0 bridgehead atoms. The van der Waals surface area contributed by atoms with E-state index in [2.05, 4.69) is 5.32 Å². The lowest BCUT2D eigenvalue weighted by molar-refractivity contribution is -0.134. The van der Waals surface area contributed by atoms with Crippen LogP contribution in [0.3, 0.4) is 0 Å². The summed E-state index contributed by atoms with van der Waals surface area (Å²) in [5, 5.41) is 2.85. The summed E-state index contributed by atoms with van der Waals surface area (Å²) < 4.78 is 16.4. The number of amides is 2. The predicted octanol–water partition coefficient (Wildman–Crippen LogP) is 2.55. The molecule has 2 amide bonds. The molecule has 1 N–H and O–H groups in total. The van der Waals surface area contributed by atoms with Gasteiger partial charge in [-0.1, -0.05) is 6.07 Å². The number of fused-ring (bicyclic) bond motifs is 2. The van der Waals surface area contributed by atoms with E-state index in [1.165, 1.54) is 0 Å². The molecule has 0 radical (unpaired) electrons. The topological polar surface area (TPSA) is 77.1 Å². The number of carbonyl (C=O) groups is 2. The van der Waals surface area contributed by atoms with Gasteiger partial charge in [-0.05, 0) is 47.7 Å². The van der Waals surface area contributed by atoms with E-state index in [1.807, 2.05) is 24.3 Å². The van der Waals surface area contributed by atoms with E-state index in [0.717, 1.165) is 35.2 Å². The van der Waals surface area contributed by atoms with E-state index < -0.39 is 0 Å². The minimum atomic E-state index is -0.0767. The smallest absolute Gasteiger partial charge is 0.260 e. The van der Waals surface area contributed by atoms with Crippen LogP contribution >= 0.6 is 0 Å². The summed E-state index contributed by atoms with van der Waals surface area (Å²) >= 11 is 0. The van der Waals surface area contributed by atoms with Crippen LogP contribution in [0.5, 0.6) is 17.2 Å². The highest BCUT2D eigenvalue weighted by Gasteiger charge is 2.23. The van der Waals surface area contributed by atoms with Crippen LogP contribution in [0, 0.1) is 0 Å². The normalized spacial score (nSPS) is 15.1. The van der Waals surface area contributed by atoms with Crippen LogP contribution in [-0.4, -0.2) is 44.1 Å². The molecule has 0 atom stereocenters. The second kappa shape index (κ2) is 8.03. The zero-order valence-electron chi connectivity index (χ0n) is 16.6. The molecule has 7 nitrogen and oxygen atoms in total. The Morgan fingerprint density at radius 2 is 1.76 bits per heavy atom. The van der Waals surface area contributed by atoms with Gasteiger partial charge in [0.15, 0.2) is 18.1 Å². The number of carbonyl (C=O) groups excluding carboxylic acids is 2. The highest BCUT2D eigenvalue weighted by atomic mass is 16.5. The summed E-state index contributed by atoms with van der Waals surface area (Å²) in [6, 6.07) is 9.47. The molecule has 29 heavy (non-hydrogen) atoms. The van der Waals surface area contributed by atoms with E-state index in [0.29, 0.717) is 36.8 Å². The van der Waals surface area contributed by atoms with Gasteiger partial charge in [0.1, 0.15) is 5.75 Å². The minimum Gasteiger partial charge on any atom is -0.493 e. The monoisotopic (exact) mass is 396 g/mol. The molecule has 0 aromatic heterocycles. The highest BCUT2D eigenvalue weighted by Crippen LogP contribution is 2.33. The van der Waals surface area contributed by atoms with Crippen LogP contribution in [0.15, 0.2) is 30.3 Å². The number of hydrogen-bond donors (Lipinski definition) is 1. The summed E-state index contributed by atoms with van der Waals surface area (Å²) in [5.74, 6) is 1.86. The van der Waals surface area contributed by atoms with Gasteiger partial charge in [-0.25, -0.2) is 0 Å². The van der Waals surface area contributed by atoms with Crippen molar-refractivity contribution in [2.24, 2.45) is 0 Å². The first-order valence-electron chi connectivity index (χ1n) is 9.64. The van der Waals surface area contributed by atoms with Gasteiger partial charge in [0.05, 0.1) is 14.2 Å². The maximum Gasteiger partial charge on any atom is 0.260 e. The molecule has 0 fully saturated rings. The predicted molar refractivity (Wildman–Crippen MR) is 108 cm³/mol. The van der Waals surface area contributed by atoms with Gasteiger partial charge in [0.2, 0.25) is 5.91 Å². The number of nitrogens with zero attached hydrogens (tertiary/aromatic N) is 1. The van der Waals surface area contributed by atoms with Gasteiger partial charge in [-0.3, -0.25) is 9.59 Å². The molecule has 0 saturated heterocycles. The number of nitrogens with one attached hydrogen (secondary N) is 1. The Labute approximate surface area is 169 Å². The van der Waals surface area contributed by atoms with Gasteiger partial charge in [-0.2, -0.15) is 0 Å². The number of methoxy groups -OCH3 is 2. The maximum absolute atomic E-state index is 12.7. The molecule has 2 aliphatic rings. The summed E-state index contributed by atoms with van der Waals surface area (Å²) in [6.07, 6.45) is 1.98. The maximum atomic E-state index is 12.7. The zero-order valence-corrected chi connectivity index (χ0v) is 16.6. The Hall–Kier alpha value is -3.22. The molecule has 0 unspecified atom stereocenters. The van der Waals surface area contributed by atoms with Crippen molar-refractivity contribution >= 4 is 17.5 Å². The first-order chi connectivity index (χ1) is 14.1. The highest BCUT2D eigenvalue weighted by molar-refractivity contribution is 5.94. The fourth-order valence-electron chi connectivity index (χ4n) is 3.77. The second-order valence-corrected chi connectivity index (χ2v) is 7.20. The third-order valence-corrected chi connectivity index (χ3v) is 5.41. The van der Waals surface area contributed by atoms with Crippen molar-refractivity contribution in [1.82, 2.24) is 4.90 Å². The van der Waals surface area contributed by atoms with E-state index in [4.69, 9.17) is 14.2 Å². The van der Waals surface area contributed by atoms with Crippen LogP contribution in [0.2, 0.25) is 0 Å². The van der Waals surface area contributed by atoms with Gasteiger partial charge >= 0.3 is 0 Å². The first kappa shape index (κ1) is 19.1. The van der Waals surface area contributed by atoms with Gasteiger partial charge < -0.3 is 24.4 Å². The summed E-state index contributed by atoms with van der Waals surface area (Å²) in [7, 11) is 3.22. The van der Waals surface area contributed by atoms with Crippen molar-refractivity contribution in [3.63, 3.8) is 0 Å². The number of benzene rings is 2. The van der Waals surface area contributed by atoms with Crippen molar-refractivity contribution in [3.05, 3.63) is 47.0 Å². The fourth-order valence-corrected chi connectivity index (χ4v) is 3.77. The van der Waals surface area contributed by atoms with Crippen LogP contribution in [0.4, 0.5) is 5.69 Å². The largest absolute Gasteiger partial charge is 0.493 e. The summed E-state index contributed by atoms with van der Waals surface area (Å²) in [4.78, 5) is 26.0. The Balaban J connectivity index is 1.40. The second-order valence-electron chi connectivity index (χ2n) is 7.20. The Morgan fingerprint density at radius 1 is 1.00 bits per heavy atom. The molecule has 4 rings (SSSR count). The lowest BCUT2D eigenvalue weighted by atomic mass is 9.99. The third-order valence-electron chi connectivity index (χ3n) is 5.41. The first-order valence-corrected chi connectivity index (χ1v) is 9.64. The number of ether oxygens (including phenoxy) is 3. The van der Waals surface area contributed by atoms with Gasteiger partial charge in [0, 0.05) is 31.3 Å². The average molecular weight is 396 g/mol. The summed E-state index contributed by atoms with van der Waals surface area (Å²) in [6.45, 7) is 1.10. The van der Waals surface area contributed by atoms with Gasteiger partial charge in [-0.15, -0.1) is 0 Å². The molecule has 2 aliphatic heterocycles. The number of hydrogen-bond acceptors (Lipinski definition) is 5. The average Bonchev–Trinajstić information content (AvgIpc) is 2.75. The van der Waals surface area contributed by atoms with E-state index in [-0.39, 0.29) is 18.4 Å². The quantitative estimate of drug-likeness (QED) is 0.841. The van der Waals surface area contributed by atoms with Crippen molar-refractivity contribution in [3.8, 4) is 17.2 Å². The van der Waals surface area contributed by atoms with Crippen LogP contribution in [-0.2, 0) is 29.0 Å². The van der Waals surface area contributed by atoms with Crippen molar-refractivity contribution in [2.45, 2.75) is 25.8 Å². The van der Waals surface area contributed by atoms with E-state index in [1.54, 1.807) is 25.2 Å². The molecule has 2 aromatic carbocycles. The lowest BCUT2D eigenvalue weighted by Gasteiger charge is -2.29. The Bertz CT molecular complexity index is 956. The van der Waals surface area contributed by atoms with Crippen LogP contribution in [0.1, 0.15) is 23.1 Å². The fraction of sp³-hybridized carbons (Fsp3) is 0.364. The van der Waals surface area contributed by atoms with E-state index in [9.17, 15) is 9.59 Å². The van der Waals surface area contributed by atoms with Crippen molar-refractivity contribution in [1.29, 1.82) is 0 Å². The number of anilines is 1. The summed E-state index contributed by atoms with van der Waals surface area (Å²) in [5.41, 5.74) is 4.07. The molecule has 152 valence electrons. The SMILES string of the molecule is COc1cc2c(cc1OC)CN(C(=O)COc1ccc3c(c1)NC(=O)CC3)CC2. The molecule has 7 heteroatoms. The molecule has 0 aliphatic carbocycles. The molecule has 2 aromatic rings. The van der Waals surface area contributed by atoms with Crippen molar-refractivity contribution < 1.29 is 23.8 Å². The third kappa shape index (κ3) is 3.99. The standard InChI is InChI=1S/C22H24N2O5/c1-27-19-9-15-7-8-24(12-16(15)10-20(19)28-2)22(26)13-29-17-5-3-14-4-6-21(25)23-18(14)11-17/h3,5,9-11H,4,6-8,12-13H2,1-2H3,(H,23,25). The van der Waals surface area contributed by atoms with Crippen molar-refractivity contribution in [2.75, 3.05) is 32.7 Å². The Kier molecular flexibility index (Phi) is 5.29. The van der Waals surface area contributed by atoms with E-state index >= 15 is 0 Å². The molecule has 0 spiro atoms. The molecular weight excluding hydrogens is 372 g/mol. The van der Waals surface area contributed by atoms with Crippen LogP contribution in [0.25, 0.3) is 0 Å². The number of aryl methyl sites for hydroxylation is 1. The number of rotatable bonds is 5. The minimum absolute atomic E-state index is 0.00441. The molecular formula is C22H24N2O5. The van der Waals surface area contributed by atoms with Crippen LogP contribution < -0.4 is 19.5 Å².